The highest BCUT2D eigenvalue weighted by Gasteiger charge is 2.18. The van der Waals surface area contributed by atoms with Gasteiger partial charge in [0.1, 0.15) is 0 Å². The van der Waals surface area contributed by atoms with Gasteiger partial charge in [0.15, 0.2) is 0 Å². The zero-order chi connectivity index (χ0) is 6.78. The van der Waals surface area contributed by atoms with Gasteiger partial charge in [-0.05, 0) is 11.0 Å². The third-order valence-electron chi connectivity index (χ3n) is 2.47. The summed E-state index contributed by atoms with van der Waals surface area (Å²) >= 11 is 0. The number of hydrogen-bond donors (Lipinski definition) is 0. The summed E-state index contributed by atoms with van der Waals surface area (Å²) in [7, 11) is 0.194. The van der Waals surface area contributed by atoms with E-state index >= 15 is 0 Å². The molecule has 0 saturated carbocycles. The maximum atomic E-state index is 2.39. The first-order valence-electron chi connectivity index (χ1n) is 3.50. The summed E-state index contributed by atoms with van der Waals surface area (Å²) in [5.41, 5.74) is 0. The molecule has 0 aliphatic heterocycles. The SMILES string of the molecule is C[SiH2]C(C)(C)C(C)C. The predicted octanol–water partition coefficient (Wildman–Crippen LogP) is 2.06. The van der Waals surface area contributed by atoms with Crippen LogP contribution in [0, 0.1) is 5.92 Å². The van der Waals surface area contributed by atoms with Crippen molar-refractivity contribution in [2.75, 3.05) is 0 Å². The lowest BCUT2D eigenvalue weighted by molar-refractivity contribution is 0.475. The molecule has 0 aromatic heterocycles. The van der Waals surface area contributed by atoms with Crippen molar-refractivity contribution in [1.82, 2.24) is 0 Å². The zero-order valence-corrected chi connectivity index (χ0v) is 8.20. The van der Waals surface area contributed by atoms with Gasteiger partial charge in [0.2, 0.25) is 0 Å². The second kappa shape index (κ2) is 2.67. The van der Waals surface area contributed by atoms with Crippen molar-refractivity contribution < 1.29 is 0 Å². The van der Waals surface area contributed by atoms with Crippen molar-refractivity contribution in [3.63, 3.8) is 0 Å². The summed E-state index contributed by atoms with van der Waals surface area (Å²) in [5.74, 6) is 0.874. The number of hydrogen-bond acceptors (Lipinski definition) is 0. The predicted molar refractivity (Wildman–Crippen MR) is 43.3 cm³/mol. The van der Waals surface area contributed by atoms with Crippen molar-refractivity contribution in [2.24, 2.45) is 5.92 Å². The monoisotopic (exact) mass is 130 g/mol. The minimum absolute atomic E-state index is 0.194. The Kier molecular flexibility index (Phi) is 2.74. The van der Waals surface area contributed by atoms with E-state index in [2.05, 4.69) is 34.2 Å². The normalized spacial score (nSPS) is 14.2. The van der Waals surface area contributed by atoms with E-state index in [4.69, 9.17) is 0 Å². The van der Waals surface area contributed by atoms with E-state index in [9.17, 15) is 0 Å². The van der Waals surface area contributed by atoms with Crippen molar-refractivity contribution in [1.29, 1.82) is 0 Å². The van der Waals surface area contributed by atoms with E-state index in [1.54, 1.807) is 0 Å². The zero-order valence-electron chi connectivity index (χ0n) is 6.78. The minimum atomic E-state index is 0.194. The molecule has 0 saturated heterocycles. The molecule has 50 valence electrons. The molecule has 0 bridgehead atoms. The standard InChI is InChI=1S/C7H18Si/c1-6(2)7(3,4)8-5/h6H,8H2,1-5H3. The van der Waals surface area contributed by atoms with Crippen LogP contribution in [0.15, 0.2) is 0 Å². The second-order valence-corrected chi connectivity index (χ2v) is 6.03. The molecule has 0 fully saturated rings. The maximum absolute atomic E-state index is 2.39. The molecule has 0 N–H and O–H groups in total. The molecule has 1 heteroatoms. The van der Waals surface area contributed by atoms with Crippen LogP contribution in [0.3, 0.4) is 0 Å². The molecular formula is C7H18Si. The summed E-state index contributed by atoms with van der Waals surface area (Å²) in [6, 6.07) is 0. The molecule has 0 aliphatic carbocycles. The molecule has 0 nitrogen and oxygen atoms in total. The molecular weight excluding hydrogens is 112 g/mol. The topological polar surface area (TPSA) is 0 Å². The fourth-order valence-corrected chi connectivity index (χ4v) is 1.22. The molecule has 0 aromatic rings. The molecule has 8 heavy (non-hydrogen) atoms. The van der Waals surface area contributed by atoms with Crippen molar-refractivity contribution in [3.8, 4) is 0 Å². The smallest absolute Gasteiger partial charge is 0.0236 e. The minimum Gasteiger partial charge on any atom is -0.0744 e. The van der Waals surface area contributed by atoms with Crippen LogP contribution in [0.2, 0.25) is 11.6 Å². The third-order valence-corrected chi connectivity index (χ3v) is 5.11. The van der Waals surface area contributed by atoms with Crippen molar-refractivity contribution in [3.05, 3.63) is 0 Å². The van der Waals surface area contributed by atoms with Crippen LogP contribution in [-0.4, -0.2) is 9.52 Å². The van der Waals surface area contributed by atoms with Crippen LogP contribution in [0.5, 0.6) is 0 Å². The van der Waals surface area contributed by atoms with E-state index in [1.807, 2.05) is 0 Å². The van der Waals surface area contributed by atoms with E-state index in [1.165, 1.54) is 0 Å². The molecule has 0 atom stereocenters. The Morgan fingerprint density at radius 3 is 1.62 bits per heavy atom. The average molecular weight is 130 g/mol. The largest absolute Gasteiger partial charge is 0.0744 e. The summed E-state index contributed by atoms with van der Waals surface area (Å²) in [5, 5.41) is 0.681. The lowest BCUT2D eigenvalue weighted by Crippen LogP contribution is -2.16. The first kappa shape index (κ1) is 8.22. The Bertz CT molecular complexity index is 64.8. The average Bonchev–Trinajstić information content (AvgIpc) is 1.67. The van der Waals surface area contributed by atoms with Gasteiger partial charge >= 0.3 is 0 Å². The molecule has 0 aliphatic rings. The molecule has 0 unspecified atom stereocenters. The van der Waals surface area contributed by atoms with Gasteiger partial charge in [-0.25, -0.2) is 0 Å². The third kappa shape index (κ3) is 1.99. The van der Waals surface area contributed by atoms with E-state index in [-0.39, 0.29) is 9.52 Å². The summed E-state index contributed by atoms with van der Waals surface area (Å²) in [6.07, 6.45) is 0. The van der Waals surface area contributed by atoms with Crippen LogP contribution in [0.4, 0.5) is 0 Å². The molecule has 0 aromatic carbocycles. The van der Waals surface area contributed by atoms with Gasteiger partial charge < -0.3 is 0 Å². The molecule has 0 heterocycles. The van der Waals surface area contributed by atoms with Gasteiger partial charge in [-0.3, -0.25) is 0 Å². The highest BCUT2D eigenvalue weighted by Crippen LogP contribution is 2.31. The fourth-order valence-electron chi connectivity index (χ4n) is 0.408. The Balaban J connectivity index is 3.71. The van der Waals surface area contributed by atoms with Gasteiger partial charge in [0.25, 0.3) is 0 Å². The van der Waals surface area contributed by atoms with Gasteiger partial charge in [-0.2, -0.15) is 0 Å². The fraction of sp³-hybridized carbons (Fsp3) is 1.00. The molecule has 0 rings (SSSR count). The Morgan fingerprint density at radius 1 is 1.25 bits per heavy atom. The Labute approximate surface area is 55.5 Å². The van der Waals surface area contributed by atoms with Crippen LogP contribution in [0.1, 0.15) is 27.7 Å². The quantitative estimate of drug-likeness (QED) is 0.502. The van der Waals surface area contributed by atoms with Crippen LogP contribution < -0.4 is 0 Å². The summed E-state index contributed by atoms with van der Waals surface area (Å²) in [6.45, 7) is 11.8. The summed E-state index contributed by atoms with van der Waals surface area (Å²) < 4.78 is 0. The Morgan fingerprint density at radius 2 is 1.62 bits per heavy atom. The van der Waals surface area contributed by atoms with Crippen LogP contribution in [0.25, 0.3) is 0 Å². The first-order chi connectivity index (χ1) is 3.50. The first-order valence-corrected chi connectivity index (χ1v) is 5.63. The maximum Gasteiger partial charge on any atom is 0.0236 e. The van der Waals surface area contributed by atoms with E-state index < -0.39 is 0 Å². The van der Waals surface area contributed by atoms with Gasteiger partial charge in [0.05, 0.1) is 0 Å². The van der Waals surface area contributed by atoms with E-state index in [0.29, 0.717) is 5.04 Å². The lowest BCUT2D eigenvalue weighted by Gasteiger charge is -2.26. The molecule has 0 spiro atoms. The van der Waals surface area contributed by atoms with Gasteiger partial charge in [0, 0.05) is 9.52 Å². The highest BCUT2D eigenvalue weighted by molar-refractivity contribution is 6.37. The van der Waals surface area contributed by atoms with Crippen molar-refractivity contribution in [2.45, 2.75) is 39.3 Å². The Hall–Kier alpha value is 0.217. The second-order valence-electron chi connectivity index (χ2n) is 3.50. The van der Waals surface area contributed by atoms with E-state index in [0.717, 1.165) is 5.92 Å². The van der Waals surface area contributed by atoms with Crippen LogP contribution in [-0.2, 0) is 0 Å². The van der Waals surface area contributed by atoms with Crippen molar-refractivity contribution >= 4 is 9.52 Å². The van der Waals surface area contributed by atoms with Gasteiger partial charge in [-0.15, -0.1) is 0 Å². The number of rotatable bonds is 2. The van der Waals surface area contributed by atoms with Gasteiger partial charge in [-0.1, -0.05) is 34.2 Å². The lowest BCUT2D eigenvalue weighted by atomic mass is 9.99. The molecule has 0 radical (unpaired) electrons. The van der Waals surface area contributed by atoms with Crippen LogP contribution >= 0.6 is 0 Å². The highest BCUT2D eigenvalue weighted by atomic mass is 28.2. The summed E-state index contributed by atoms with van der Waals surface area (Å²) in [4.78, 5) is 0. The molecule has 0 amide bonds.